The molecule has 2 aromatic carbocycles. The van der Waals surface area contributed by atoms with Crippen LogP contribution in [0, 0.1) is 5.92 Å². The van der Waals surface area contributed by atoms with Gasteiger partial charge in [0.2, 0.25) is 17.7 Å². The van der Waals surface area contributed by atoms with Crippen molar-refractivity contribution in [3.63, 3.8) is 0 Å². The zero-order chi connectivity index (χ0) is 33.2. The van der Waals surface area contributed by atoms with Crippen LogP contribution < -0.4 is 16.0 Å². The van der Waals surface area contributed by atoms with Crippen LogP contribution in [0.3, 0.4) is 0 Å². The Morgan fingerprint density at radius 3 is 2.47 bits per heavy atom. The first-order valence-electron chi connectivity index (χ1n) is 17.5. The number of ether oxygens (including phenoxy) is 1. The van der Waals surface area contributed by atoms with Crippen molar-refractivity contribution in [2.24, 2.45) is 5.92 Å². The molecule has 3 aliphatic rings. The highest BCUT2D eigenvalue weighted by molar-refractivity contribution is 5.93. The lowest BCUT2D eigenvalue weighted by Gasteiger charge is -2.44. The van der Waals surface area contributed by atoms with Gasteiger partial charge < -0.3 is 25.6 Å². The van der Waals surface area contributed by atoms with Crippen LogP contribution in [0.5, 0.6) is 0 Å². The molecule has 0 bridgehead atoms. The summed E-state index contributed by atoms with van der Waals surface area (Å²) in [4.78, 5) is 57.7. The molecule has 3 N–H and O–H groups in total. The summed E-state index contributed by atoms with van der Waals surface area (Å²) in [5, 5.41) is 9.12. The second-order valence-corrected chi connectivity index (χ2v) is 13.3. The van der Waals surface area contributed by atoms with Gasteiger partial charge in [0.1, 0.15) is 18.7 Å². The molecule has 1 aliphatic carbocycles. The molecule has 2 heterocycles. The average molecular weight is 719 g/mol. The molecule has 0 radical (unpaired) electrons. The van der Waals surface area contributed by atoms with Gasteiger partial charge in [-0.15, -0.1) is 24.8 Å². The molecule has 0 unspecified atom stereocenters. The van der Waals surface area contributed by atoms with Crippen molar-refractivity contribution in [3.8, 4) is 0 Å². The van der Waals surface area contributed by atoms with Crippen LogP contribution in [0.1, 0.15) is 87.9 Å². The van der Waals surface area contributed by atoms with E-state index >= 15 is 0 Å². The summed E-state index contributed by atoms with van der Waals surface area (Å²) in [6, 6.07) is 16.5. The summed E-state index contributed by atoms with van der Waals surface area (Å²) >= 11 is 0. The fourth-order valence-electron chi connectivity index (χ4n) is 7.05. The molecule has 10 nitrogen and oxygen atoms in total. The number of nitrogens with one attached hydrogen (secondary N) is 3. The Balaban J connectivity index is 0.00000325. The van der Waals surface area contributed by atoms with Crippen LogP contribution in [-0.4, -0.2) is 77.9 Å². The van der Waals surface area contributed by atoms with E-state index in [1.165, 1.54) is 5.56 Å². The SMILES string of the molecule is CC[C@@H](C)C(=O)N[C@@H](CCCCNC(=O)OCc1ccccc1)C(=O)N1C[C@H]2CCCN2C[C@H]1C(=O)N[C@@H]1CCCc2ccccc21.Cl.Cl. The number of fused-ring (bicyclic) bond motifs is 2. The van der Waals surface area contributed by atoms with Crippen molar-refractivity contribution in [1.29, 1.82) is 0 Å². The maximum atomic E-state index is 14.4. The number of benzene rings is 2. The number of halogens is 2. The van der Waals surface area contributed by atoms with E-state index in [-0.39, 0.29) is 67.1 Å². The second-order valence-electron chi connectivity index (χ2n) is 13.3. The molecule has 5 rings (SSSR count). The Hall–Kier alpha value is -3.34. The van der Waals surface area contributed by atoms with Crippen LogP contribution in [0.4, 0.5) is 4.79 Å². The Kier molecular flexibility index (Phi) is 16.2. The number of rotatable bonds is 13. The Morgan fingerprint density at radius 1 is 0.939 bits per heavy atom. The minimum atomic E-state index is -0.750. The van der Waals surface area contributed by atoms with Gasteiger partial charge in [-0.05, 0) is 81.0 Å². The zero-order valence-corrected chi connectivity index (χ0v) is 30.4. The van der Waals surface area contributed by atoms with Crippen LogP contribution in [-0.2, 0) is 32.1 Å². The highest BCUT2D eigenvalue weighted by atomic mass is 35.5. The number of alkyl carbamates (subject to hydrolysis) is 1. The second kappa shape index (κ2) is 19.7. The number of nitrogens with zero attached hydrogens (tertiary/aromatic N) is 2. The summed E-state index contributed by atoms with van der Waals surface area (Å²) in [6.07, 6.45) is 6.73. The smallest absolute Gasteiger partial charge is 0.407 e. The molecule has 0 aromatic heterocycles. The van der Waals surface area contributed by atoms with E-state index in [9.17, 15) is 19.2 Å². The first-order valence-corrected chi connectivity index (χ1v) is 17.5. The summed E-state index contributed by atoms with van der Waals surface area (Å²) < 4.78 is 5.30. The van der Waals surface area contributed by atoms with Crippen LogP contribution in [0.25, 0.3) is 0 Å². The van der Waals surface area contributed by atoms with E-state index in [0.29, 0.717) is 45.3 Å². The summed E-state index contributed by atoms with van der Waals surface area (Å²) in [6.45, 7) is 6.30. The monoisotopic (exact) mass is 717 g/mol. The van der Waals surface area contributed by atoms with Crippen LogP contribution >= 0.6 is 24.8 Å². The molecule has 4 amide bonds. The van der Waals surface area contributed by atoms with Crippen molar-refractivity contribution in [1.82, 2.24) is 25.8 Å². The van der Waals surface area contributed by atoms with Crippen LogP contribution in [0.15, 0.2) is 54.6 Å². The normalized spacial score (nSPS) is 21.0. The summed E-state index contributed by atoms with van der Waals surface area (Å²) in [5.74, 6) is -0.723. The maximum Gasteiger partial charge on any atom is 0.407 e. The third-order valence-corrected chi connectivity index (χ3v) is 10.0. The first kappa shape index (κ1) is 40.1. The minimum absolute atomic E-state index is 0. The molecule has 0 saturated carbocycles. The predicted octanol–water partition coefficient (Wildman–Crippen LogP) is 5.33. The van der Waals surface area contributed by atoms with Gasteiger partial charge in [0.15, 0.2) is 0 Å². The third-order valence-electron chi connectivity index (χ3n) is 10.0. The molecule has 2 saturated heterocycles. The third kappa shape index (κ3) is 10.8. The number of hydrogen-bond acceptors (Lipinski definition) is 6. The molecule has 2 aliphatic heterocycles. The number of carbonyl (C=O) groups excluding carboxylic acids is 4. The van der Waals surface area contributed by atoms with Crippen molar-refractivity contribution in [2.75, 3.05) is 26.2 Å². The number of amides is 4. The predicted molar refractivity (Wildman–Crippen MR) is 195 cm³/mol. The summed E-state index contributed by atoms with van der Waals surface area (Å²) in [7, 11) is 0. The van der Waals surface area contributed by atoms with Gasteiger partial charge in [0, 0.05) is 31.6 Å². The highest BCUT2D eigenvalue weighted by Gasteiger charge is 2.44. The van der Waals surface area contributed by atoms with E-state index in [4.69, 9.17) is 4.74 Å². The van der Waals surface area contributed by atoms with Crippen molar-refractivity contribution < 1.29 is 23.9 Å². The van der Waals surface area contributed by atoms with Gasteiger partial charge in [-0.3, -0.25) is 19.3 Å². The van der Waals surface area contributed by atoms with E-state index in [1.807, 2.05) is 56.3 Å². The molecule has 5 atom stereocenters. The largest absolute Gasteiger partial charge is 0.445 e. The first-order chi connectivity index (χ1) is 22.8. The number of aryl methyl sites for hydroxylation is 1. The maximum absolute atomic E-state index is 14.4. The summed E-state index contributed by atoms with van der Waals surface area (Å²) in [5.41, 5.74) is 3.35. The Morgan fingerprint density at radius 2 is 1.69 bits per heavy atom. The molecule has 49 heavy (non-hydrogen) atoms. The molecule has 270 valence electrons. The highest BCUT2D eigenvalue weighted by Crippen LogP contribution is 2.31. The molecule has 12 heteroatoms. The van der Waals surface area contributed by atoms with E-state index < -0.39 is 18.2 Å². The molecule has 0 spiro atoms. The zero-order valence-electron chi connectivity index (χ0n) is 28.7. The average Bonchev–Trinajstić information content (AvgIpc) is 3.57. The fraction of sp³-hybridized carbons (Fsp3) is 0.568. The molecular weight excluding hydrogens is 665 g/mol. The van der Waals surface area contributed by atoms with E-state index in [2.05, 4.69) is 33.0 Å². The standard InChI is InChI=1S/C37H51N5O5.2ClH/c1-3-26(2)34(43)40-32(19-9-10-21-38-37(46)47-25-27-13-5-4-6-14-27)36(45)42-23-29-17-12-22-41(29)24-33(42)35(44)39-31-20-11-16-28-15-7-8-18-30(28)31;;/h4-8,13-15,18,26,29,31-33H,3,9-12,16-17,19-25H2,1-2H3,(H,38,46)(H,39,44)(H,40,43);2*1H/t26-,29-,31-,32+,33+;;/m1../s1. The Bertz CT molecular complexity index is 1380. The molecular formula is C37H53Cl2N5O5. The van der Waals surface area contributed by atoms with Gasteiger partial charge in [-0.25, -0.2) is 4.79 Å². The number of unbranched alkanes of at least 4 members (excludes halogenated alkanes) is 1. The lowest BCUT2D eigenvalue weighted by molar-refractivity contribution is -0.148. The topological polar surface area (TPSA) is 120 Å². The van der Waals surface area contributed by atoms with E-state index in [0.717, 1.165) is 49.8 Å². The number of piperazine rings is 1. The number of hydrogen-bond donors (Lipinski definition) is 3. The van der Waals surface area contributed by atoms with Gasteiger partial charge in [-0.2, -0.15) is 0 Å². The van der Waals surface area contributed by atoms with Gasteiger partial charge >= 0.3 is 6.09 Å². The van der Waals surface area contributed by atoms with Gasteiger partial charge in [0.05, 0.1) is 6.04 Å². The molecule has 2 aromatic rings. The lowest BCUT2D eigenvalue weighted by Crippen LogP contribution is -2.65. The lowest BCUT2D eigenvalue weighted by atomic mass is 9.87. The van der Waals surface area contributed by atoms with Gasteiger partial charge in [-0.1, -0.05) is 68.4 Å². The van der Waals surface area contributed by atoms with Gasteiger partial charge in [0.25, 0.3) is 0 Å². The molecule has 2 fully saturated rings. The quantitative estimate of drug-likeness (QED) is 0.241. The van der Waals surface area contributed by atoms with Crippen molar-refractivity contribution in [3.05, 3.63) is 71.3 Å². The minimum Gasteiger partial charge on any atom is -0.445 e. The van der Waals surface area contributed by atoms with E-state index in [1.54, 1.807) is 4.90 Å². The number of carbonyl (C=O) groups is 4. The van der Waals surface area contributed by atoms with Crippen molar-refractivity contribution >= 4 is 48.6 Å². The fourth-order valence-corrected chi connectivity index (χ4v) is 7.05. The van der Waals surface area contributed by atoms with Crippen molar-refractivity contribution in [2.45, 2.75) is 102 Å². The van der Waals surface area contributed by atoms with Crippen LogP contribution in [0.2, 0.25) is 0 Å². The Labute approximate surface area is 303 Å².